The molecule has 1 atom stereocenters. The number of hydrogen-bond donors (Lipinski definition) is 3. The van der Waals surface area contributed by atoms with Gasteiger partial charge in [-0.15, -0.1) is 0 Å². The number of carbonyl (C=O) groups excluding carboxylic acids is 2. The van der Waals surface area contributed by atoms with E-state index in [1.54, 1.807) is 12.1 Å². The summed E-state index contributed by atoms with van der Waals surface area (Å²) < 4.78 is 0. The van der Waals surface area contributed by atoms with Gasteiger partial charge in [0.25, 0.3) is 0 Å². The first-order chi connectivity index (χ1) is 9.97. The third kappa shape index (κ3) is 3.71. The zero-order valence-electron chi connectivity index (χ0n) is 11.4. The maximum atomic E-state index is 12.2. The topological polar surface area (TPSA) is 113 Å². The molecule has 1 fully saturated rings. The summed E-state index contributed by atoms with van der Waals surface area (Å²) in [6, 6.07) is 5.62. The van der Waals surface area contributed by atoms with E-state index in [4.69, 9.17) is 10.8 Å². The highest BCUT2D eigenvalue weighted by Crippen LogP contribution is 2.21. The van der Waals surface area contributed by atoms with Gasteiger partial charge in [-0.3, -0.25) is 9.59 Å². The molecule has 7 heteroatoms. The highest BCUT2D eigenvalue weighted by Gasteiger charge is 2.30. The van der Waals surface area contributed by atoms with Gasteiger partial charge in [0.1, 0.15) is 0 Å². The Labute approximate surface area is 121 Å². The quantitative estimate of drug-likeness (QED) is 0.774. The summed E-state index contributed by atoms with van der Waals surface area (Å²) in [4.78, 5) is 35.4. The van der Waals surface area contributed by atoms with Gasteiger partial charge < -0.3 is 21.1 Å². The lowest BCUT2D eigenvalue weighted by Crippen LogP contribution is -2.39. The Kier molecular flexibility index (Phi) is 4.42. The molecule has 0 saturated carbocycles. The van der Waals surface area contributed by atoms with Crippen molar-refractivity contribution in [1.82, 2.24) is 4.90 Å². The predicted molar refractivity (Wildman–Crippen MR) is 76.0 cm³/mol. The van der Waals surface area contributed by atoms with Crippen LogP contribution in [0.4, 0.5) is 10.5 Å². The number of likely N-dealkylation sites (tertiary alicyclic amines) is 1. The molecule has 1 heterocycles. The summed E-state index contributed by atoms with van der Waals surface area (Å²) in [7, 11) is 0. The van der Waals surface area contributed by atoms with Crippen LogP contribution < -0.4 is 11.1 Å². The monoisotopic (exact) mass is 291 g/mol. The number of carbonyl (C=O) groups is 3. The van der Waals surface area contributed by atoms with Crippen molar-refractivity contribution in [2.45, 2.75) is 25.3 Å². The Hall–Kier alpha value is -2.57. The van der Waals surface area contributed by atoms with Crippen LogP contribution in [0, 0.1) is 0 Å². The van der Waals surface area contributed by atoms with Crippen molar-refractivity contribution in [1.29, 1.82) is 0 Å². The number of primary amides is 1. The highest BCUT2D eigenvalue weighted by molar-refractivity contribution is 5.94. The number of carboxylic acid groups (broad SMARTS) is 1. The van der Waals surface area contributed by atoms with Crippen LogP contribution in [0.25, 0.3) is 0 Å². The summed E-state index contributed by atoms with van der Waals surface area (Å²) in [5.41, 5.74) is 6.03. The zero-order valence-corrected chi connectivity index (χ0v) is 11.4. The number of aliphatic carboxylic acids is 1. The Morgan fingerprint density at radius 3 is 2.52 bits per heavy atom. The number of anilines is 1. The number of amides is 3. The number of urea groups is 1. The first-order valence-electron chi connectivity index (χ1n) is 6.66. The first-order valence-corrected chi connectivity index (χ1v) is 6.66. The molecule has 0 radical (unpaired) electrons. The smallest absolute Gasteiger partial charge is 0.322 e. The average molecular weight is 291 g/mol. The van der Waals surface area contributed by atoms with Gasteiger partial charge in [-0.25, -0.2) is 4.79 Å². The van der Waals surface area contributed by atoms with E-state index in [1.165, 1.54) is 17.0 Å². The van der Waals surface area contributed by atoms with E-state index in [1.807, 2.05) is 0 Å². The average Bonchev–Trinajstić information content (AvgIpc) is 2.86. The minimum Gasteiger partial charge on any atom is -0.481 e. The van der Waals surface area contributed by atoms with Crippen molar-refractivity contribution in [3.63, 3.8) is 0 Å². The molecule has 0 spiro atoms. The van der Waals surface area contributed by atoms with E-state index in [2.05, 4.69) is 5.32 Å². The molecule has 7 nitrogen and oxygen atoms in total. The largest absolute Gasteiger partial charge is 0.481 e. The number of nitrogens with two attached hydrogens (primary N) is 1. The molecule has 1 saturated heterocycles. The van der Waals surface area contributed by atoms with E-state index < -0.39 is 11.9 Å². The number of carboxylic acids is 1. The molecule has 1 aliphatic heterocycles. The van der Waals surface area contributed by atoms with E-state index in [9.17, 15) is 14.4 Å². The molecular formula is C14H17N3O4. The Balaban J connectivity index is 2.00. The van der Waals surface area contributed by atoms with Gasteiger partial charge in [-0.2, -0.15) is 0 Å². The van der Waals surface area contributed by atoms with E-state index in [0.717, 1.165) is 6.42 Å². The van der Waals surface area contributed by atoms with Crippen molar-refractivity contribution in [2.75, 3.05) is 11.9 Å². The molecule has 1 aromatic carbocycles. The van der Waals surface area contributed by atoms with E-state index >= 15 is 0 Å². The van der Waals surface area contributed by atoms with Gasteiger partial charge in [0.2, 0.25) is 5.91 Å². The SMILES string of the molecule is NC(=O)c1ccc(NC(=O)N2CCCC2CC(=O)O)cc1. The lowest BCUT2D eigenvalue weighted by Gasteiger charge is -2.23. The third-order valence-electron chi connectivity index (χ3n) is 3.47. The van der Waals surface area contributed by atoms with Crippen LogP contribution in [0.3, 0.4) is 0 Å². The molecule has 112 valence electrons. The van der Waals surface area contributed by atoms with E-state index in [0.29, 0.717) is 24.2 Å². The first kappa shape index (κ1) is 14.8. The lowest BCUT2D eigenvalue weighted by molar-refractivity contribution is -0.137. The third-order valence-corrected chi connectivity index (χ3v) is 3.47. The van der Waals surface area contributed by atoms with Gasteiger partial charge in [0, 0.05) is 23.8 Å². The number of nitrogens with one attached hydrogen (secondary N) is 1. The summed E-state index contributed by atoms with van der Waals surface area (Å²) in [6.45, 7) is 0.545. The second-order valence-electron chi connectivity index (χ2n) is 4.96. The number of nitrogens with zero attached hydrogens (tertiary/aromatic N) is 1. The van der Waals surface area contributed by atoms with Crippen LogP contribution in [0.2, 0.25) is 0 Å². The minimum absolute atomic E-state index is 0.0476. The maximum absolute atomic E-state index is 12.2. The summed E-state index contributed by atoms with van der Waals surface area (Å²) in [5.74, 6) is -1.44. The fraction of sp³-hybridized carbons (Fsp3) is 0.357. The van der Waals surface area contributed by atoms with Crippen molar-refractivity contribution >= 4 is 23.6 Å². The van der Waals surface area contributed by atoms with Crippen molar-refractivity contribution in [2.24, 2.45) is 5.73 Å². The van der Waals surface area contributed by atoms with Crippen LogP contribution in [0.5, 0.6) is 0 Å². The van der Waals surface area contributed by atoms with Gasteiger partial charge in [0.15, 0.2) is 0 Å². The summed E-state index contributed by atoms with van der Waals surface area (Å²) >= 11 is 0. The molecule has 0 aromatic heterocycles. The Morgan fingerprint density at radius 2 is 1.95 bits per heavy atom. The molecular weight excluding hydrogens is 274 g/mol. The van der Waals surface area contributed by atoms with Crippen LogP contribution in [0.1, 0.15) is 29.6 Å². The fourth-order valence-electron chi connectivity index (χ4n) is 2.43. The lowest BCUT2D eigenvalue weighted by atomic mass is 10.1. The molecule has 1 aromatic rings. The molecule has 4 N–H and O–H groups in total. The molecule has 3 amide bonds. The molecule has 2 rings (SSSR count). The summed E-state index contributed by atoms with van der Waals surface area (Å²) in [5, 5.41) is 11.5. The van der Waals surface area contributed by atoms with Crippen LogP contribution >= 0.6 is 0 Å². The van der Waals surface area contributed by atoms with Crippen LogP contribution in [-0.4, -0.2) is 40.5 Å². The minimum atomic E-state index is -0.912. The molecule has 1 aliphatic rings. The highest BCUT2D eigenvalue weighted by atomic mass is 16.4. The van der Waals surface area contributed by atoms with Crippen molar-refractivity contribution in [3.05, 3.63) is 29.8 Å². The van der Waals surface area contributed by atoms with Gasteiger partial charge in [-0.1, -0.05) is 0 Å². The second-order valence-corrected chi connectivity index (χ2v) is 4.96. The Morgan fingerprint density at radius 1 is 1.29 bits per heavy atom. The normalized spacial score (nSPS) is 17.5. The maximum Gasteiger partial charge on any atom is 0.322 e. The van der Waals surface area contributed by atoms with Crippen molar-refractivity contribution < 1.29 is 19.5 Å². The van der Waals surface area contributed by atoms with E-state index in [-0.39, 0.29) is 18.5 Å². The summed E-state index contributed by atoms with van der Waals surface area (Å²) in [6.07, 6.45) is 1.44. The number of hydrogen-bond acceptors (Lipinski definition) is 3. The van der Waals surface area contributed by atoms with Crippen LogP contribution in [-0.2, 0) is 4.79 Å². The predicted octanol–water partition coefficient (Wildman–Crippen LogP) is 1.26. The number of rotatable bonds is 4. The zero-order chi connectivity index (χ0) is 15.4. The van der Waals surface area contributed by atoms with Crippen molar-refractivity contribution in [3.8, 4) is 0 Å². The van der Waals surface area contributed by atoms with Crippen LogP contribution in [0.15, 0.2) is 24.3 Å². The molecule has 0 aliphatic carbocycles. The van der Waals surface area contributed by atoms with Gasteiger partial charge >= 0.3 is 12.0 Å². The molecule has 1 unspecified atom stereocenters. The van der Waals surface area contributed by atoms with Gasteiger partial charge in [0.05, 0.1) is 6.42 Å². The molecule has 21 heavy (non-hydrogen) atoms. The standard InChI is InChI=1S/C14H17N3O4/c15-13(20)9-3-5-10(6-4-9)16-14(21)17-7-1-2-11(17)8-12(18)19/h3-6,11H,1-2,7-8H2,(H2,15,20)(H,16,21)(H,18,19). The Bertz CT molecular complexity index is 556. The second kappa shape index (κ2) is 6.25. The number of benzene rings is 1. The van der Waals surface area contributed by atoms with Gasteiger partial charge in [-0.05, 0) is 37.1 Å². The fourth-order valence-corrected chi connectivity index (χ4v) is 2.43. The molecule has 0 bridgehead atoms.